The molecule has 0 atom stereocenters. The highest BCUT2D eigenvalue weighted by molar-refractivity contribution is 6.40. The minimum atomic E-state index is 0.506. The molecule has 0 bridgehead atoms. The van der Waals surface area contributed by atoms with Crippen LogP contribution in [0.5, 0.6) is 17.2 Å². The summed E-state index contributed by atoms with van der Waals surface area (Å²) in [5.74, 6) is 1.58. The molecule has 2 aromatic carbocycles. The maximum absolute atomic E-state index is 6.54. The van der Waals surface area contributed by atoms with Crippen LogP contribution in [0, 0.1) is 0 Å². The van der Waals surface area contributed by atoms with Gasteiger partial charge in [-0.3, -0.25) is 0 Å². The normalized spacial score (nSPS) is 10.9. The van der Waals surface area contributed by atoms with Crippen LogP contribution in [0.25, 0.3) is 21.8 Å². The number of halogens is 1. The van der Waals surface area contributed by atoms with E-state index in [-0.39, 0.29) is 0 Å². The van der Waals surface area contributed by atoms with E-state index in [1.165, 1.54) is 0 Å². The molecule has 0 amide bonds. The third kappa shape index (κ3) is 2.03. The molecule has 0 saturated heterocycles. The third-order valence-electron chi connectivity index (χ3n) is 3.41. The summed E-state index contributed by atoms with van der Waals surface area (Å²) in [7, 11) is 4.71. The standard InChI is InChI=1S/C16H14ClNO3/c1-19-12-8-10-13(17)9-6-4-5-7-11(9)18-14(10)16(21-3)15(12)20-2/h4-8H,1-3H3. The quantitative estimate of drug-likeness (QED) is 0.684. The number of benzene rings is 2. The lowest BCUT2D eigenvalue weighted by atomic mass is 10.1. The Bertz CT molecular complexity index is 833. The predicted octanol–water partition coefficient (Wildman–Crippen LogP) is 4.07. The van der Waals surface area contributed by atoms with E-state index in [2.05, 4.69) is 4.98 Å². The van der Waals surface area contributed by atoms with Crippen molar-refractivity contribution in [3.05, 3.63) is 35.4 Å². The number of hydrogen-bond donors (Lipinski definition) is 0. The molecule has 0 aliphatic carbocycles. The summed E-state index contributed by atoms with van der Waals surface area (Å²) in [6, 6.07) is 9.52. The molecule has 0 radical (unpaired) electrons. The molecule has 0 spiro atoms. The Morgan fingerprint density at radius 1 is 0.905 bits per heavy atom. The smallest absolute Gasteiger partial charge is 0.205 e. The van der Waals surface area contributed by atoms with Crippen LogP contribution >= 0.6 is 11.6 Å². The Hall–Kier alpha value is -2.20. The van der Waals surface area contributed by atoms with Crippen molar-refractivity contribution in [3.8, 4) is 17.2 Å². The number of nitrogens with zero attached hydrogens (tertiary/aromatic N) is 1. The number of rotatable bonds is 3. The van der Waals surface area contributed by atoms with Crippen LogP contribution in [0.3, 0.4) is 0 Å². The Labute approximate surface area is 127 Å². The Morgan fingerprint density at radius 3 is 2.29 bits per heavy atom. The lowest BCUT2D eigenvalue weighted by Crippen LogP contribution is -1.97. The van der Waals surface area contributed by atoms with Gasteiger partial charge in [0.1, 0.15) is 5.52 Å². The monoisotopic (exact) mass is 303 g/mol. The molecular formula is C16H14ClNO3. The zero-order valence-corrected chi connectivity index (χ0v) is 12.7. The van der Waals surface area contributed by atoms with Crippen molar-refractivity contribution in [1.29, 1.82) is 0 Å². The minimum Gasteiger partial charge on any atom is -0.493 e. The van der Waals surface area contributed by atoms with Gasteiger partial charge in [-0.05, 0) is 12.1 Å². The van der Waals surface area contributed by atoms with E-state index in [4.69, 9.17) is 25.8 Å². The topological polar surface area (TPSA) is 40.6 Å². The molecule has 0 aliphatic heterocycles. The summed E-state index contributed by atoms with van der Waals surface area (Å²) in [5.41, 5.74) is 1.46. The van der Waals surface area contributed by atoms with Crippen molar-refractivity contribution in [1.82, 2.24) is 4.98 Å². The SMILES string of the molecule is COc1cc2c(Cl)c3ccccc3nc2c(OC)c1OC. The van der Waals surface area contributed by atoms with E-state index < -0.39 is 0 Å². The van der Waals surface area contributed by atoms with E-state index in [0.717, 1.165) is 16.3 Å². The van der Waals surface area contributed by atoms with Crippen molar-refractivity contribution in [2.75, 3.05) is 21.3 Å². The molecule has 1 aromatic heterocycles. The van der Waals surface area contributed by atoms with Gasteiger partial charge in [0.2, 0.25) is 5.75 Å². The Morgan fingerprint density at radius 2 is 1.62 bits per heavy atom. The van der Waals surface area contributed by atoms with Gasteiger partial charge in [-0.15, -0.1) is 0 Å². The summed E-state index contributed by atoms with van der Waals surface area (Å²) in [6.45, 7) is 0. The van der Waals surface area contributed by atoms with E-state index in [1.54, 1.807) is 21.3 Å². The second kappa shape index (κ2) is 5.30. The molecule has 0 aliphatic rings. The first kappa shape index (κ1) is 13.8. The van der Waals surface area contributed by atoms with Gasteiger partial charge >= 0.3 is 0 Å². The fraction of sp³-hybridized carbons (Fsp3) is 0.188. The maximum Gasteiger partial charge on any atom is 0.205 e. The van der Waals surface area contributed by atoms with Gasteiger partial charge < -0.3 is 14.2 Å². The van der Waals surface area contributed by atoms with E-state index in [9.17, 15) is 0 Å². The number of para-hydroxylation sites is 1. The van der Waals surface area contributed by atoms with Crippen LogP contribution < -0.4 is 14.2 Å². The van der Waals surface area contributed by atoms with Gasteiger partial charge in [-0.1, -0.05) is 29.8 Å². The zero-order valence-electron chi connectivity index (χ0n) is 11.9. The molecule has 4 nitrogen and oxygen atoms in total. The van der Waals surface area contributed by atoms with Crippen molar-refractivity contribution < 1.29 is 14.2 Å². The summed E-state index contributed by atoms with van der Waals surface area (Å²) in [4.78, 5) is 4.65. The van der Waals surface area contributed by atoms with Crippen molar-refractivity contribution in [2.24, 2.45) is 0 Å². The average Bonchev–Trinajstić information content (AvgIpc) is 2.53. The number of aromatic nitrogens is 1. The Kier molecular flexibility index (Phi) is 3.47. The molecule has 3 rings (SSSR count). The van der Waals surface area contributed by atoms with Crippen molar-refractivity contribution in [3.63, 3.8) is 0 Å². The third-order valence-corrected chi connectivity index (χ3v) is 3.82. The highest BCUT2D eigenvalue weighted by Crippen LogP contribution is 2.45. The molecule has 0 N–H and O–H groups in total. The van der Waals surface area contributed by atoms with Gasteiger partial charge in [0.25, 0.3) is 0 Å². The van der Waals surface area contributed by atoms with Crippen LogP contribution in [0.1, 0.15) is 0 Å². The molecule has 108 valence electrons. The highest BCUT2D eigenvalue weighted by Gasteiger charge is 2.19. The number of pyridine rings is 1. The van der Waals surface area contributed by atoms with Gasteiger partial charge in [-0.2, -0.15) is 0 Å². The summed E-state index contributed by atoms with van der Waals surface area (Å²) in [6.07, 6.45) is 0. The van der Waals surface area contributed by atoms with E-state index >= 15 is 0 Å². The zero-order chi connectivity index (χ0) is 15.0. The second-order valence-electron chi connectivity index (χ2n) is 4.48. The molecule has 0 fully saturated rings. The molecule has 21 heavy (non-hydrogen) atoms. The average molecular weight is 304 g/mol. The Balaban J connectivity index is 2.52. The first-order valence-corrected chi connectivity index (χ1v) is 6.76. The van der Waals surface area contributed by atoms with Crippen LogP contribution in [-0.2, 0) is 0 Å². The molecule has 3 aromatic rings. The lowest BCUT2D eigenvalue weighted by Gasteiger charge is -2.15. The molecule has 0 saturated carbocycles. The summed E-state index contributed by atoms with van der Waals surface area (Å²) < 4.78 is 16.2. The van der Waals surface area contributed by atoms with Crippen LogP contribution in [-0.4, -0.2) is 26.3 Å². The van der Waals surface area contributed by atoms with Crippen LogP contribution in [0.15, 0.2) is 30.3 Å². The van der Waals surface area contributed by atoms with Gasteiger partial charge in [0.05, 0.1) is 31.9 Å². The minimum absolute atomic E-state index is 0.506. The maximum atomic E-state index is 6.54. The van der Waals surface area contributed by atoms with Gasteiger partial charge in [0.15, 0.2) is 11.5 Å². The number of fused-ring (bicyclic) bond motifs is 2. The fourth-order valence-electron chi connectivity index (χ4n) is 2.44. The highest BCUT2D eigenvalue weighted by atomic mass is 35.5. The molecule has 0 unspecified atom stereocenters. The number of ether oxygens (including phenoxy) is 3. The van der Waals surface area contributed by atoms with Crippen molar-refractivity contribution >= 4 is 33.4 Å². The second-order valence-corrected chi connectivity index (χ2v) is 4.86. The molecule has 5 heteroatoms. The summed E-state index contributed by atoms with van der Waals surface area (Å²) in [5, 5.41) is 2.28. The molecular weight excluding hydrogens is 290 g/mol. The van der Waals surface area contributed by atoms with Crippen LogP contribution in [0.4, 0.5) is 0 Å². The van der Waals surface area contributed by atoms with Crippen molar-refractivity contribution in [2.45, 2.75) is 0 Å². The lowest BCUT2D eigenvalue weighted by molar-refractivity contribution is 0.327. The fourth-order valence-corrected chi connectivity index (χ4v) is 2.75. The van der Waals surface area contributed by atoms with E-state index in [0.29, 0.717) is 27.8 Å². The number of methoxy groups -OCH3 is 3. The van der Waals surface area contributed by atoms with Crippen LogP contribution in [0.2, 0.25) is 5.02 Å². The molecule has 1 heterocycles. The largest absolute Gasteiger partial charge is 0.493 e. The first-order chi connectivity index (χ1) is 10.2. The number of hydrogen-bond acceptors (Lipinski definition) is 4. The first-order valence-electron chi connectivity index (χ1n) is 6.38. The summed E-state index contributed by atoms with van der Waals surface area (Å²) >= 11 is 6.54. The van der Waals surface area contributed by atoms with Gasteiger partial charge in [-0.25, -0.2) is 4.98 Å². The van der Waals surface area contributed by atoms with E-state index in [1.807, 2.05) is 30.3 Å². The van der Waals surface area contributed by atoms with Gasteiger partial charge in [0, 0.05) is 10.8 Å². The predicted molar refractivity (Wildman–Crippen MR) is 83.9 cm³/mol.